The summed E-state index contributed by atoms with van der Waals surface area (Å²) in [5, 5.41) is 9.41. The minimum Gasteiger partial charge on any atom is -0.496 e. The number of methoxy groups -OCH3 is 1. The summed E-state index contributed by atoms with van der Waals surface area (Å²) < 4.78 is 10.5. The normalized spacial score (nSPS) is 15.3. The van der Waals surface area contributed by atoms with Gasteiger partial charge in [0.15, 0.2) is 5.82 Å². The number of amides is 2. The van der Waals surface area contributed by atoms with Crippen molar-refractivity contribution in [3.63, 3.8) is 0 Å². The summed E-state index contributed by atoms with van der Waals surface area (Å²) in [6.07, 6.45) is 3.57. The zero-order valence-corrected chi connectivity index (χ0v) is 18.9. The zero-order valence-electron chi connectivity index (χ0n) is 18.1. The summed E-state index contributed by atoms with van der Waals surface area (Å²) in [5.74, 6) is 1.92. The van der Waals surface area contributed by atoms with Gasteiger partial charge in [0.25, 0.3) is 0 Å². The molecule has 1 aliphatic heterocycles. The number of aryl methyl sites for hydroxylation is 1. The Morgan fingerprint density at radius 1 is 1.19 bits per heavy atom. The van der Waals surface area contributed by atoms with Crippen LogP contribution in [0.15, 0.2) is 34.9 Å². The highest BCUT2D eigenvalue weighted by Gasteiger charge is 2.25. The number of nitrogens with one attached hydrogen (secondary N) is 2. The molecule has 1 saturated heterocycles. The minimum absolute atomic E-state index is 0.0594. The first-order chi connectivity index (χ1) is 15.1. The van der Waals surface area contributed by atoms with Gasteiger partial charge in [0.1, 0.15) is 11.5 Å². The fourth-order valence-corrected chi connectivity index (χ4v) is 4.36. The molecule has 3 rings (SSSR count). The van der Waals surface area contributed by atoms with Crippen LogP contribution >= 0.6 is 11.8 Å². The van der Waals surface area contributed by atoms with Crippen molar-refractivity contribution < 1.29 is 18.8 Å². The summed E-state index contributed by atoms with van der Waals surface area (Å²) >= 11 is 1.27. The molecule has 0 spiro atoms. The molecule has 0 radical (unpaired) electrons. The molecule has 1 atom stereocenters. The number of benzene rings is 1. The molecule has 2 amide bonds. The summed E-state index contributed by atoms with van der Waals surface area (Å²) in [5.41, 5.74) is 1.09. The predicted molar refractivity (Wildman–Crippen MR) is 121 cm³/mol. The SMILES string of the molecule is COc1ccccc1C(CNC(=O)CSCC(=O)Nc1cc(C)on1)N1CCCCC1. The number of carbonyl (C=O) groups is 2. The van der Waals surface area contributed by atoms with Gasteiger partial charge >= 0.3 is 0 Å². The minimum atomic E-state index is -0.216. The topological polar surface area (TPSA) is 96.7 Å². The van der Waals surface area contributed by atoms with Crippen molar-refractivity contribution in [2.45, 2.75) is 32.2 Å². The van der Waals surface area contributed by atoms with E-state index in [4.69, 9.17) is 9.26 Å². The van der Waals surface area contributed by atoms with E-state index in [1.165, 1.54) is 18.2 Å². The average molecular weight is 447 g/mol. The third kappa shape index (κ3) is 7.00. The molecule has 2 N–H and O–H groups in total. The first-order valence-corrected chi connectivity index (χ1v) is 11.7. The highest BCUT2D eigenvalue weighted by molar-refractivity contribution is 8.00. The molecule has 0 aliphatic carbocycles. The van der Waals surface area contributed by atoms with Crippen LogP contribution in [0.2, 0.25) is 0 Å². The van der Waals surface area contributed by atoms with Crippen LogP contribution < -0.4 is 15.4 Å². The van der Waals surface area contributed by atoms with Crippen LogP contribution in [0.1, 0.15) is 36.6 Å². The number of piperidine rings is 1. The summed E-state index contributed by atoms with van der Waals surface area (Å²) in [7, 11) is 1.67. The second kappa shape index (κ2) is 11.8. The van der Waals surface area contributed by atoms with Crippen LogP contribution in [0, 0.1) is 6.92 Å². The Morgan fingerprint density at radius 3 is 2.65 bits per heavy atom. The van der Waals surface area contributed by atoms with Crippen molar-refractivity contribution in [1.29, 1.82) is 0 Å². The third-order valence-corrected chi connectivity index (χ3v) is 6.12. The number of thioether (sulfide) groups is 1. The van der Waals surface area contributed by atoms with Crippen LogP contribution in [0.25, 0.3) is 0 Å². The standard InChI is InChI=1S/C22H30N4O4S/c1-16-12-20(25-30-16)24-22(28)15-31-14-21(27)23-13-18(26-10-6-3-7-11-26)17-8-4-5-9-19(17)29-2/h4-5,8-9,12,18H,3,6-7,10-11,13-15H2,1-2H3,(H,23,27)(H,24,25,28). The number of carbonyl (C=O) groups excluding carboxylic acids is 2. The second-order valence-electron chi connectivity index (χ2n) is 7.52. The van der Waals surface area contributed by atoms with E-state index >= 15 is 0 Å². The maximum absolute atomic E-state index is 12.4. The second-order valence-corrected chi connectivity index (χ2v) is 8.51. The van der Waals surface area contributed by atoms with E-state index in [9.17, 15) is 9.59 Å². The fourth-order valence-electron chi connectivity index (χ4n) is 3.71. The van der Waals surface area contributed by atoms with Crippen molar-refractivity contribution in [2.24, 2.45) is 0 Å². The molecule has 1 aliphatic rings. The van der Waals surface area contributed by atoms with E-state index in [0.717, 1.165) is 37.2 Å². The van der Waals surface area contributed by atoms with E-state index in [0.29, 0.717) is 18.1 Å². The van der Waals surface area contributed by atoms with Gasteiger partial charge in [-0.1, -0.05) is 29.8 Å². The quantitative estimate of drug-likeness (QED) is 0.579. The van der Waals surface area contributed by atoms with Gasteiger partial charge in [0.2, 0.25) is 11.8 Å². The molecule has 168 valence electrons. The molecule has 9 heteroatoms. The molecular formula is C22H30N4O4S. The van der Waals surface area contributed by atoms with Crippen LogP contribution in [-0.2, 0) is 9.59 Å². The summed E-state index contributed by atoms with van der Waals surface area (Å²) in [4.78, 5) is 26.8. The molecule has 1 fully saturated rings. The highest BCUT2D eigenvalue weighted by Crippen LogP contribution is 2.30. The highest BCUT2D eigenvalue weighted by atomic mass is 32.2. The average Bonchev–Trinajstić information content (AvgIpc) is 3.19. The largest absolute Gasteiger partial charge is 0.496 e. The maximum atomic E-state index is 12.4. The molecule has 0 bridgehead atoms. The van der Waals surface area contributed by atoms with Crippen molar-refractivity contribution in [3.05, 3.63) is 41.7 Å². The molecular weight excluding hydrogens is 416 g/mol. The van der Waals surface area contributed by atoms with Gasteiger partial charge in [-0.3, -0.25) is 14.5 Å². The molecule has 0 saturated carbocycles. The molecule has 8 nitrogen and oxygen atoms in total. The van der Waals surface area contributed by atoms with Crippen molar-refractivity contribution in [2.75, 3.05) is 43.6 Å². The number of anilines is 1. The van der Waals surface area contributed by atoms with Gasteiger partial charge in [0, 0.05) is 18.2 Å². The predicted octanol–water partition coefficient (Wildman–Crippen LogP) is 3.01. The van der Waals surface area contributed by atoms with Crippen LogP contribution in [0.5, 0.6) is 5.75 Å². The number of rotatable bonds is 10. The molecule has 1 unspecified atom stereocenters. The van der Waals surface area contributed by atoms with E-state index in [1.54, 1.807) is 20.1 Å². The lowest BCUT2D eigenvalue weighted by Crippen LogP contribution is -2.41. The lowest BCUT2D eigenvalue weighted by atomic mass is 10.0. The molecule has 2 aromatic rings. The smallest absolute Gasteiger partial charge is 0.235 e. The van der Waals surface area contributed by atoms with Gasteiger partial charge in [-0.2, -0.15) is 0 Å². The van der Waals surface area contributed by atoms with Gasteiger partial charge in [-0.05, 0) is 38.9 Å². The van der Waals surface area contributed by atoms with Crippen molar-refractivity contribution in [3.8, 4) is 5.75 Å². The van der Waals surface area contributed by atoms with Gasteiger partial charge in [-0.25, -0.2) is 0 Å². The van der Waals surface area contributed by atoms with Gasteiger partial charge in [0.05, 0.1) is 24.7 Å². The van der Waals surface area contributed by atoms with Crippen molar-refractivity contribution >= 4 is 29.4 Å². The van der Waals surface area contributed by atoms with Crippen molar-refractivity contribution in [1.82, 2.24) is 15.4 Å². The Hall–Kier alpha value is -2.52. The molecule has 1 aromatic carbocycles. The zero-order chi connectivity index (χ0) is 22.1. The van der Waals surface area contributed by atoms with Gasteiger partial charge < -0.3 is 19.9 Å². The van der Waals surface area contributed by atoms with E-state index in [1.807, 2.05) is 18.2 Å². The fraction of sp³-hybridized carbons (Fsp3) is 0.500. The number of hydrogen-bond donors (Lipinski definition) is 2. The summed E-state index contributed by atoms with van der Waals surface area (Å²) in [6, 6.07) is 9.68. The number of hydrogen-bond acceptors (Lipinski definition) is 7. The van der Waals surface area contributed by atoms with E-state index in [-0.39, 0.29) is 29.4 Å². The van der Waals surface area contributed by atoms with E-state index in [2.05, 4.69) is 26.8 Å². The van der Waals surface area contributed by atoms with Crippen LogP contribution in [0.3, 0.4) is 0 Å². The number of ether oxygens (including phenoxy) is 1. The molecule has 1 aromatic heterocycles. The first-order valence-electron chi connectivity index (χ1n) is 10.5. The Balaban J connectivity index is 1.49. The maximum Gasteiger partial charge on any atom is 0.235 e. The Morgan fingerprint density at radius 2 is 1.94 bits per heavy atom. The first kappa shape index (κ1) is 23.1. The summed E-state index contributed by atoms with van der Waals surface area (Å²) in [6.45, 7) is 4.28. The number of para-hydroxylation sites is 1. The Bertz CT molecular complexity index is 867. The lowest BCUT2D eigenvalue weighted by molar-refractivity contribution is -0.118. The Kier molecular flexibility index (Phi) is 8.78. The molecule has 2 heterocycles. The number of nitrogens with zero attached hydrogens (tertiary/aromatic N) is 2. The van der Waals surface area contributed by atoms with Crippen LogP contribution in [-0.4, -0.2) is 60.1 Å². The van der Waals surface area contributed by atoms with Crippen LogP contribution in [0.4, 0.5) is 5.82 Å². The van der Waals surface area contributed by atoms with E-state index < -0.39 is 0 Å². The third-order valence-electron chi connectivity index (χ3n) is 5.18. The van der Waals surface area contributed by atoms with Gasteiger partial charge in [-0.15, -0.1) is 11.8 Å². The monoisotopic (exact) mass is 446 g/mol. The number of aromatic nitrogens is 1. The number of likely N-dealkylation sites (tertiary alicyclic amines) is 1. The lowest BCUT2D eigenvalue weighted by Gasteiger charge is -2.35. The Labute approximate surface area is 187 Å². The molecule has 31 heavy (non-hydrogen) atoms.